The van der Waals surface area contributed by atoms with E-state index in [4.69, 9.17) is 10.2 Å². The van der Waals surface area contributed by atoms with Crippen LogP contribution in [-0.2, 0) is 11.3 Å². The van der Waals surface area contributed by atoms with Crippen molar-refractivity contribution in [1.82, 2.24) is 4.57 Å². The molecule has 25 heavy (non-hydrogen) atoms. The summed E-state index contributed by atoms with van der Waals surface area (Å²) < 4.78 is 11.5. The fourth-order valence-corrected chi connectivity index (χ4v) is 2.46. The average molecular weight is 342 g/mol. The van der Waals surface area contributed by atoms with Gasteiger partial charge in [-0.25, -0.2) is 9.59 Å². The Morgan fingerprint density at radius 1 is 1.28 bits per heavy atom. The normalized spacial score (nSPS) is 11.2. The number of nitrogens with zero attached hydrogens (tertiary/aromatic N) is 3. The van der Waals surface area contributed by atoms with Crippen LogP contribution >= 0.6 is 0 Å². The number of azo groups is 1. The summed E-state index contributed by atoms with van der Waals surface area (Å²) in [5.74, 6) is -0.317. The second-order valence-corrected chi connectivity index (χ2v) is 5.07. The Morgan fingerprint density at radius 2 is 2.04 bits per heavy atom. The molecule has 0 unspecified atom stereocenters. The Kier molecular flexibility index (Phi) is 4.21. The van der Waals surface area contributed by atoms with Crippen LogP contribution in [0.5, 0.6) is 5.88 Å². The maximum Gasteiger partial charge on any atom is 0.373 e. The van der Waals surface area contributed by atoms with Gasteiger partial charge in [-0.3, -0.25) is 0 Å². The molecule has 0 fully saturated rings. The molecule has 0 atom stereocenters. The molecule has 0 saturated heterocycles. The number of ether oxygens (including phenoxy) is 1. The minimum absolute atomic E-state index is 0.0575. The molecule has 9 heteroatoms. The summed E-state index contributed by atoms with van der Waals surface area (Å²) in [5, 5.41) is 18.0. The Bertz CT molecular complexity index is 986. The predicted molar refractivity (Wildman–Crippen MR) is 86.9 cm³/mol. The van der Waals surface area contributed by atoms with Crippen molar-refractivity contribution < 1.29 is 23.8 Å². The number of carbonyl (C=O) groups excluding carboxylic acids is 2. The first-order valence-electron chi connectivity index (χ1n) is 7.19. The standard InChI is InChI=1S/C16H14N4O5/c1-24-15(22)12-7-6-9(25-12)8-20-11-5-3-2-4-10(11)13(14(20)21)18-19-16(17)23/h2-7,21H,8H2,1H3,(H2,17,23). The number of methoxy groups -OCH3 is 1. The smallest absolute Gasteiger partial charge is 0.373 e. The largest absolute Gasteiger partial charge is 0.493 e. The highest BCUT2D eigenvalue weighted by Gasteiger charge is 2.19. The van der Waals surface area contributed by atoms with Gasteiger partial charge in [-0.15, -0.1) is 5.11 Å². The Balaban J connectivity index is 2.04. The number of nitrogens with two attached hydrogens (primary N) is 1. The van der Waals surface area contributed by atoms with Crippen molar-refractivity contribution in [2.45, 2.75) is 6.54 Å². The zero-order valence-corrected chi connectivity index (χ0v) is 13.2. The lowest BCUT2D eigenvalue weighted by atomic mass is 10.2. The highest BCUT2D eigenvalue weighted by atomic mass is 16.5. The third-order valence-electron chi connectivity index (χ3n) is 3.53. The number of aromatic nitrogens is 1. The van der Waals surface area contributed by atoms with Gasteiger partial charge in [0.25, 0.3) is 0 Å². The summed E-state index contributed by atoms with van der Waals surface area (Å²) in [5.41, 5.74) is 5.73. The van der Waals surface area contributed by atoms with Crippen LogP contribution in [0.15, 0.2) is 51.0 Å². The molecular formula is C16H14N4O5. The zero-order chi connectivity index (χ0) is 18.0. The van der Waals surface area contributed by atoms with E-state index < -0.39 is 12.0 Å². The third kappa shape index (κ3) is 3.07. The van der Waals surface area contributed by atoms with Crippen molar-refractivity contribution in [3.8, 4) is 5.88 Å². The van der Waals surface area contributed by atoms with E-state index in [-0.39, 0.29) is 23.9 Å². The average Bonchev–Trinajstić information content (AvgIpc) is 3.17. The number of urea groups is 1. The van der Waals surface area contributed by atoms with Gasteiger partial charge in [-0.05, 0) is 18.2 Å². The van der Waals surface area contributed by atoms with Gasteiger partial charge in [0.2, 0.25) is 11.6 Å². The number of furan rings is 1. The molecular weight excluding hydrogens is 328 g/mol. The summed E-state index contributed by atoms with van der Waals surface area (Å²) in [4.78, 5) is 22.3. The van der Waals surface area contributed by atoms with Gasteiger partial charge in [0, 0.05) is 5.39 Å². The van der Waals surface area contributed by atoms with Crippen LogP contribution in [0, 0.1) is 0 Å². The van der Waals surface area contributed by atoms with Crippen LogP contribution in [0.1, 0.15) is 16.3 Å². The second-order valence-electron chi connectivity index (χ2n) is 5.07. The molecule has 0 aliphatic carbocycles. The van der Waals surface area contributed by atoms with Gasteiger partial charge in [-0.1, -0.05) is 23.3 Å². The minimum atomic E-state index is -0.968. The van der Waals surface area contributed by atoms with Crippen LogP contribution < -0.4 is 5.73 Å². The number of fused-ring (bicyclic) bond motifs is 1. The molecule has 2 aromatic heterocycles. The number of aromatic hydroxyl groups is 1. The highest BCUT2D eigenvalue weighted by molar-refractivity contribution is 5.95. The van der Waals surface area contributed by atoms with Crippen molar-refractivity contribution in [3.63, 3.8) is 0 Å². The Morgan fingerprint density at radius 3 is 2.76 bits per heavy atom. The van der Waals surface area contributed by atoms with E-state index in [9.17, 15) is 14.7 Å². The van der Waals surface area contributed by atoms with Crippen LogP contribution in [-0.4, -0.2) is 28.8 Å². The lowest BCUT2D eigenvalue weighted by Crippen LogP contribution is -2.01. The fraction of sp³-hybridized carbons (Fsp3) is 0.125. The van der Waals surface area contributed by atoms with E-state index >= 15 is 0 Å². The van der Waals surface area contributed by atoms with Crippen molar-refractivity contribution >= 4 is 28.6 Å². The van der Waals surface area contributed by atoms with E-state index in [0.29, 0.717) is 16.7 Å². The van der Waals surface area contributed by atoms with Crippen LogP contribution in [0.3, 0.4) is 0 Å². The topological polar surface area (TPSA) is 132 Å². The second kappa shape index (κ2) is 6.48. The van der Waals surface area contributed by atoms with E-state index in [2.05, 4.69) is 15.0 Å². The number of carbonyl (C=O) groups is 2. The monoisotopic (exact) mass is 342 g/mol. The van der Waals surface area contributed by atoms with Crippen LogP contribution in [0.2, 0.25) is 0 Å². The Labute approximate surface area is 141 Å². The summed E-state index contributed by atoms with van der Waals surface area (Å²) in [6.45, 7) is 0.134. The molecule has 0 saturated carbocycles. The van der Waals surface area contributed by atoms with E-state index in [1.165, 1.54) is 17.7 Å². The van der Waals surface area contributed by atoms with Gasteiger partial charge in [0.15, 0.2) is 5.69 Å². The first kappa shape index (κ1) is 16.2. The SMILES string of the molecule is COC(=O)c1ccc(Cn2c(O)c(N=NC(N)=O)c3ccccc32)o1. The quantitative estimate of drug-likeness (QED) is 0.555. The number of hydrogen-bond acceptors (Lipinski definition) is 6. The lowest BCUT2D eigenvalue weighted by Gasteiger charge is -2.04. The molecule has 2 amide bonds. The van der Waals surface area contributed by atoms with Crippen molar-refractivity contribution in [3.05, 3.63) is 47.9 Å². The molecule has 0 spiro atoms. The predicted octanol–water partition coefficient (Wildman–Crippen LogP) is 2.94. The number of amides is 2. The third-order valence-corrected chi connectivity index (χ3v) is 3.53. The number of primary amides is 1. The molecule has 128 valence electrons. The zero-order valence-electron chi connectivity index (χ0n) is 13.2. The van der Waals surface area contributed by atoms with E-state index in [0.717, 1.165) is 0 Å². The summed E-state index contributed by atoms with van der Waals surface area (Å²) in [6, 6.07) is 9.16. The fourth-order valence-electron chi connectivity index (χ4n) is 2.46. The minimum Gasteiger partial charge on any atom is -0.493 e. The molecule has 0 radical (unpaired) electrons. The maximum atomic E-state index is 11.5. The molecule has 1 aromatic carbocycles. The molecule has 3 N–H and O–H groups in total. The number of benzene rings is 1. The van der Waals surface area contributed by atoms with E-state index in [1.807, 2.05) is 0 Å². The number of rotatable bonds is 4. The van der Waals surface area contributed by atoms with Crippen molar-refractivity contribution in [2.75, 3.05) is 7.11 Å². The molecule has 2 heterocycles. The van der Waals surface area contributed by atoms with Gasteiger partial charge in [-0.2, -0.15) is 0 Å². The molecule has 0 aliphatic heterocycles. The highest BCUT2D eigenvalue weighted by Crippen LogP contribution is 2.39. The van der Waals surface area contributed by atoms with Gasteiger partial charge >= 0.3 is 12.0 Å². The Hall–Kier alpha value is -3.62. The van der Waals surface area contributed by atoms with Crippen LogP contribution in [0.25, 0.3) is 10.9 Å². The van der Waals surface area contributed by atoms with Gasteiger partial charge in [0.1, 0.15) is 5.76 Å². The maximum absolute atomic E-state index is 11.5. The number of esters is 1. The summed E-state index contributed by atoms with van der Waals surface area (Å²) >= 11 is 0. The van der Waals surface area contributed by atoms with Gasteiger partial charge < -0.3 is 24.6 Å². The van der Waals surface area contributed by atoms with Crippen LogP contribution in [0.4, 0.5) is 10.5 Å². The van der Waals surface area contributed by atoms with Crippen molar-refractivity contribution in [1.29, 1.82) is 0 Å². The lowest BCUT2D eigenvalue weighted by molar-refractivity contribution is 0.0563. The van der Waals surface area contributed by atoms with Gasteiger partial charge in [0.05, 0.1) is 19.2 Å². The first-order chi connectivity index (χ1) is 12.0. The summed E-state index contributed by atoms with van der Waals surface area (Å²) in [6.07, 6.45) is 0. The molecule has 9 nitrogen and oxygen atoms in total. The number of para-hydroxylation sites is 1. The molecule has 3 rings (SSSR count). The van der Waals surface area contributed by atoms with Crippen molar-refractivity contribution in [2.24, 2.45) is 16.0 Å². The molecule has 3 aromatic rings. The molecule has 0 bridgehead atoms. The number of hydrogen-bond donors (Lipinski definition) is 2. The summed E-state index contributed by atoms with van der Waals surface area (Å²) in [7, 11) is 1.26. The first-order valence-corrected chi connectivity index (χ1v) is 7.19. The van der Waals surface area contributed by atoms with E-state index in [1.54, 1.807) is 30.3 Å². The molecule has 0 aliphatic rings.